The zero-order valence-corrected chi connectivity index (χ0v) is 10.3. The van der Waals surface area contributed by atoms with Gasteiger partial charge in [-0.25, -0.2) is 9.64 Å². The van der Waals surface area contributed by atoms with Crippen LogP contribution in [0.3, 0.4) is 0 Å². The molecule has 1 aromatic rings. The average Bonchev–Trinajstić information content (AvgIpc) is 2.81. The molecule has 1 aromatic carbocycles. The zero-order chi connectivity index (χ0) is 13.1. The lowest BCUT2D eigenvalue weighted by atomic mass is 10.1. The van der Waals surface area contributed by atoms with Crippen LogP contribution in [0.2, 0.25) is 0 Å². The molecule has 1 aliphatic carbocycles. The van der Waals surface area contributed by atoms with E-state index in [0.717, 1.165) is 11.1 Å². The summed E-state index contributed by atoms with van der Waals surface area (Å²) in [4.78, 5) is 15.1. The molecule has 0 fully saturated rings. The maximum Gasteiger partial charge on any atom is 0.334 e. The summed E-state index contributed by atoms with van der Waals surface area (Å²) in [7, 11) is 1.53. The van der Waals surface area contributed by atoms with Crippen molar-refractivity contribution in [1.29, 1.82) is 0 Å². The standard InChI is InChI=1S/C14H13NO3/c1-4-18-14(16)10-7-9-5-6-12(15-2)13(17-3)11(9)8-10/h5-6,8H,4,7H2,1,3H3. The molecule has 0 unspecified atom stereocenters. The van der Waals surface area contributed by atoms with E-state index in [1.807, 2.05) is 6.07 Å². The Labute approximate surface area is 106 Å². The largest absolute Gasteiger partial charge is 0.507 e. The highest BCUT2D eigenvalue weighted by Crippen LogP contribution is 2.39. The molecule has 0 saturated carbocycles. The van der Waals surface area contributed by atoms with Crippen molar-refractivity contribution in [3.05, 3.63) is 40.2 Å². The van der Waals surface area contributed by atoms with Crippen LogP contribution in [-0.4, -0.2) is 19.7 Å². The van der Waals surface area contributed by atoms with E-state index in [-0.39, 0.29) is 5.97 Å². The highest BCUT2D eigenvalue weighted by molar-refractivity contribution is 5.98. The van der Waals surface area contributed by atoms with E-state index in [1.54, 1.807) is 19.1 Å². The monoisotopic (exact) mass is 243 g/mol. The van der Waals surface area contributed by atoms with Crippen molar-refractivity contribution in [1.82, 2.24) is 0 Å². The van der Waals surface area contributed by atoms with Crippen LogP contribution >= 0.6 is 0 Å². The Bertz CT molecular complexity index is 567. The lowest BCUT2D eigenvalue weighted by Crippen LogP contribution is -2.07. The second-order valence-electron chi connectivity index (χ2n) is 3.87. The van der Waals surface area contributed by atoms with E-state index in [4.69, 9.17) is 16.0 Å². The van der Waals surface area contributed by atoms with E-state index in [0.29, 0.717) is 30.0 Å². The second kappa shape index (κ2) is 4.92. The van der Waals surface area contributed by atoms with Gasteiger partial charge in [0.1, 0.15) is 5.75 Å². The summed E-state index contributed by atoms with van der Waals surface area (Å²) in [5, 5.41) is 0. The lowest BCUT2D eigenvalue weighted by molar-refractivity contribution is -0.138. The fraction of sp³-hybridized carbons (Fsp3) is 0.286. The number of nitrogens with zero attached hydrogens (tertiary/aromatic N) is 1. The highest BCUT2D eigenvalue weighted by Gasteiger charge is 2.23. The van der Waals surface area contributed by atoms with E-state index in [1.165, 1.54) is 7.11 Å². The van der Waals surface area contributed by atoms with Gasteiger partial charge in [-0.3, -0.25) is 0 Å². The summed E-state index contributed by atoms with van der Waals surface area (Å²) in [6, 6.07) is 3.57. The molecule has 0 amide bonds. The SMILES string of the molecule is [C-]#[N+]c1ccc2c(c1OC)C=C(C(=O)OCC)C2. The third kappa shape index (κ3) is 1.95. The number of rotatable bonds is 3. The van der Waals surface area contributed by atoms with Crippen molar-refractivity contribution < 1.29 is 14.3 Å². The molecule has 4 nitrogen and oxygen atoms in total. The lowest BCUT2D eigenvalue weighted by Gasteiger charge is -2.07. The first kappa shape index (κ1) is 12.2. The predicted octanol–water partition coefficient (Wildman–Crippen LogP) is 2.75. The Morgan fingerprint density at radius 2 is 2.28 bits per heavy atom. The Morgan fingerprint density at radius 1 is 1.50 bits per heavy atom. The topological polar surface area (TPSA) is 39.9 Å². The first-order chi connectivity index (χ1) is 8.71. The highest BCUT2D eigenvalue weighted by atomic mass is 16.5. The number of hydrogen-bond acceptors (Lipinski definition) is 3. The molecular weight excluding hydrogens is 230 g/mol. The van der Waals surface area contributed by atoms with Gasteiger partial charge in [-0.2, -0.15) is 0 Å². The maximum atomic E-state index is 11.7. The molecule has 0 aromatic heterocycles. The summed E-state index contributed by atoms with van der Waals surface area (Å²) in [5.74, 6) is 0.224. The predicted molar refractivity (Wildman–Crippen MR) is 67.6 cm³/mol. The summed E-state index contributed by atoms with van der Waals surface area (Å²) in [6.45, 7) is 9.22. The molecule has 0 N–H and O–H groups in total. The Kier molecular flexibility index (Phi) is 3.33. The molecule has 18 heavy (non-hydrogen) atoms. The smallest absolute Gasteiger partial charge is 0.334 e. The number of benzene rings is 1. The first-order valence-corrected chi connectivity index (χ1v) is 5.66. The van der Waals surface area contributed by atoms with Crippen LogP contribution in [0.15, 0.2) is 17.7 Å². The Morgan fingerprint density at radius 3 is 2.89 bits per heavy atom. The van der Waals surface area contributed by atoms with Crippen molar-refractivity contribution in [3.8, 4) is 5.75 Å². The summed E-state index contributed by atoms with van der Waals surface area (Å²) in [6.07, 6.45) is 2.28. The van der Waals surface area contributed by atoms with Gasteiger partial charge in [0.15, 0.2) is 0 Å². The minimum atomic E-state index is -0.305. The first-order valence-electron chi connectivity index (χ1n) is 5.66. The van der Waals surface area contributed by atoms with Crippen molar-refractivity contribution in [2.75, 3.05) is 13.7 Å². The second-order valence-corrected chi connectivity index (χ2v) is 3.87. The number of fused-ring (bicyclic) bond motifs is 1. The van der Waals surface area contributed by atoms with Crippen molar-refractivity contribution in [2.45, 2.75) is 13.3 Å². The molecule has 1 aliphatic rings. The van der Waals surface area contributed by atoms with Gasteiger partial charge in [-0.1, -0.05) is 12.1 Å². The fourth-order valence-corrected chi connectivity index (χ4v) is 2.03. The number of carbonyl (C=O) groups is 1. The van der Waals surface area contributed by atoms with Crippen LogP contribution in [0.1, 0.15) is 18.1 Å². The van der Waals surface area contributed by atoms with Crippen LogP contribution in [0.25, 0.3) is 10.9 Å². The van der Waals surface area contributed by atoms with Crippen LogP contribution in [0, 0.1) is 6.57 Å². The zero-order valence-electron chi connectivity index (χ0n) is 10.3. The third-order valence-corrected chi connectivity index (χ3v) is 2.83. The Balaban J connectivity index is 2.42. The molecule has 0 spiro atoms. The minimum absolute atomic E-state index is 0.305. The van der Waals surface area contributed by atoms with E-state index >= 15 is 0 Å². The summed E-state index contributed by atoms with van der Waals surface area (Å²) in [5.41, 5.74) is 2.86. The molecule has 0 aliphatic heterocycles. The Hall–Kier alpha value is -2.28. The number of esters is 1. The van der Waals surface area contributed by atoms with Gasteiger partial charge < -0.3 is 9.47 Å². The van der Waals surface area contributed by atoms with E-state index in [9.17, 15) is 4.79 Å². The van der Waals surface area contributed by atoms with Crippen molar-refractivity contribution in [2.24, 2.45) is 0 Å². The minimum Gasteiger partial charge on any atom is -0.507 e. The van der Waals surface area contributed by atoms with Gasteiger partial charge in [-0.15, -0.1) is 0 Å². The quantitative estimate of drug-likeness (QED) is 0.605. The molecule has 4 heteroatoms. The van der Waals surface area contributed by atoms with Crippen LogP contribution in [-0.2, 0) is 16.0 Å². The molecule has 0 radical (unpaired) electrons. The number of ether oxygens (including phenoxy) is 2. The van der Waals surface area contributed by atoms with Gasteiger partial charge in [0.2, 0.25) is 5.69 Å². The van der Waals surface area contributed by atoms with Crippen molar-refractivity contribution >= 4 is 17.7 Å². The normalized spacial score (nSPS) is 12.4. The van der Waals surface area contributed by atoms with E-state index < -0.39 is 0 Å². The number of hydrogen-bond donors (Lipinski definition) is 0. The molecule has 0 saturated heterocycles. The van der Waals surface area contributed by atoms with Crippen molar-refractivity contribution in [3.63, 3.8) is 0 Å². The summed E-state index contributed by atoms with van der Waals surface area (Å²) < 4.78 is 10.2. The molecule has 92 valence electrons. The number of carbonyl (C=O) groups excluding carboxylic acids is 1. The molecule has 0 atom stereocenters. The van der Waals surface area contributed by atoms with E-state index in [2.05, 4.69) is 4.85 Å². The van der Waals surface area contributed by atoms with Gasteiger partial charge in [0.05, 0.1) is 20.3 Å². The van der Waals surface area contributed by atoms with Gasteiger partial charge >= 0.3 is 5.97 Å². The van der Waals surface area contributed by atoms with Crippen LogP contribution < -0.4 is 4.74 Å². The van der Waals surface area contributed by atoms with Crippen LogP contribution in [0.5, 0.6) is 5.75 Å². The number of methoxy groups -OCH3 is 1. The molecule has 0 bridgehead atoms. The fourth-order valence-electron chi connectivity index (χ4n) is 2.03. The molecule has 2 rings (SSSR count). The molecular formula is C14H13NO3. The third-order valence-electron chi connectivity index (χ3n) is 2.83. The maximum absolute atomic E-state index is 11.7. The molecule has 0 heterocycles. The average molecular weight is 243 g/mol. The van der Waals surface area contributed by atoms with Gasteiger partial charge in [0, 0.05) is 17.6 Å². The van der Waals surface area contributed by atoms with Gasteiger partial charge in [0.25, 0.3) is 0 Å². The van der Waals surface area contributed by atoms with Gasteiger partial charge in [-0.05, 0) is 18.6 Å². The van der Waals surface area contributed by atoms with Crippen LogP contribution in [0.4, 0.5) is 5.69 Å². The summed E-state index contributed by atoms with van der Waals surface area (Å²) >= 11 is 0.